The molecule has 0 bridgehead atoms. The average molecular weight is 381 g/mol. The molecule has 1 fully saturated rings. The van der Waals surface area contributed by atoms with E-state index in [9.17, 15) is 9.59 Å². The molecule has 0 aliphatic carbocycles. The molecule has 1 aliphatic rings. The summed E-state index contributed by atoms with van der Waals surface area (Å²) in [5, 5.41) is 5.80. The van der Waals surface area contributed by atoms with Crippen LogP contribution in [-0.2, 0) is 22.6 Å². The summed E-state index contributed by atoms with van der Waals surface area (Å²) < 4.78 is 5.60. The van der Waals surface area contributed by atoms with Crippen molar-refractivity contribution in [2.24, 2.45) is 5.73 Å². The molecular formula is C22H27N3O3. The number of ether oxygens (including phenoxy) is 1. The van der Waals surface area contributed by atoms with Crippen LogP contribution in [0.3, 0.4) is 0 Å². The number of amides is 2. The monoisotopic (exact) mass is 381 g/mol. The van der Waals surface area contributed by atoms with Gasteiger partial charge in [-0.05, 0) is 43.0 Å². The Bertz CT molecular complexity index is 820. The fourth-order valence-electron chi connectivity index (χ4n) is 3.19. The zero-order chi connectivity index (χ0) is 19.9. The Balaban J connectivity index is 1.51. The van der Waals surface area contributed by atoms with Crippen LogP contribution in [0.25, 0.3) is 0 Å². The van der Waals surface area contributed by atoms with E-state index in [1.165, 1.54) is 5.56 Å². The second-order valence-corrected chi connectivity index (χ2v) is 7.15. The fraction of sp³-hybridized carbons (Fsp3) is 0.364. The normalized spacial score (nSPS) is 18.6. The Labute approximate surface area is 165 Å². The molecule has 0 spiro atoms. The summed E-state index contributed by atoms with van der Waals surface area (Å²) in [4.78, 5) is 24.6. The molecule has 0 radical (unpaired) electrons. The number of carbonyl (C=O) groups excluding carboxylic acids is 2. The molecule has 6 nitrogen and oxygen atoms in total. The molecule has 0 unspecified atom stereocenters. The van der Waals surface area contributed by atoms with Crippen LogP contribution in [0.4, 0.5) is 0 Å². The minimum atomic E-state index is -0.436. The Morgan fingerprint density at radius 1 is 1.04 bits per heavy atom. The zero-order valence-electron chi connectivity index (χ0n) is 16.1. The molecular weight excluding hydrogens is 354 g/mol. The molecule has 1 heterocycles. The molecule has 2 aromatic carbocycles. The highest BCUT2D eigenvalue weighted by Crippen LogP contribution is 2.19. The average Bonchev–Trinajstić information content (AvgIpc) is 3.21. The molecule has 2 amide bonds. The Morgan fingerprint density at radius 3 is 2.50 bits per heavy atom. The minimum Gasteiger partial charge on any atom is -0.364 e. The van der Waals surface area contributed by atoms with Crippen molar-refractivity contribution in [3.8, 4) is 0 Å². The van der Waals surface area contributed by atoms with E-state index in [0.717, 1.165) is 17.5 Å². The van der Waals surface area contributed by atoms with Gasteiger partial charge in [0, 0.05) is 25.2 Å². The summed E-state index contributed by atoms with van der Waals surface area (Å²) in [5.74, 6) is -0.274. The summed E-state index contributed by atoms with van der Waals surface area (Å²) in [7, 11) is 0. The Morgan fingerprint density at radius 2 is 1.79 bits per heavy atom. The first-order chi connectivity index (χ1) is 13.5. The Kier molecular flexibility index (Phi) is 6.79. The zero-order valence-corrected chi connectivity index (χ0v) is 16.1. The van der Waals surface area contributed by atoms with Crippen LogP contribution >= 0.6 is 0 Å². The van der Waals surface area contributed by atoms with Crippen LogP contribution in [0.5, 0.6) is 0 Å². The van der Waals surface area contributed by atoms with Crippen molar-refractivity contribution in [3.63, 3.8) is 0 Å². The molecule has 0 saturated carbocycles. The molecule has 2 atom stereocenters. The quantitative estimate of drug-likeness (QED) is 0.684. The van der Waals surface area contributed by atoms with Gasteiger partial charge in [-0.1, -0.05) is 42.0 Å². The molecule has 0 aromatic heterocycles. The first-order valence-electron chi connectivity index (χ1n) is 9.61. The highest BCUT2D eigenvalue weighted by molar-refractivity contribution is 5.94. The molecule has 2 aromatic rings. The van der Waals surface area contributed by atoms with E-state index in [2.05, 4.69) is 10.6 Å². The number of rotatable bonds is 7. The van der Waals surface area contributed by atoms with Crippen molar-refractivity contribution in [1.29, 1.82) is 0 Å². The molecule has 148 valence electrons. The number of hydrogen-bond donors (Lipinski definition) is 3. The van der Waals surface area contributed by atoms with Gasteiger partial charge in [0.05, 0.1) is 6.10 Å². The maximum absolute atomic E-state index is 12.4. The predicted octanol–water partition coefficient (Wildman–Crippen LogP) is 2.05. The van der Waals surface area contributed by atoms with Crippen molar-refractivity contribution < 1.29 is 14.3 Å². The second kappa shape index (κ2) is 9.48. The number of aryl methyl sites for hydroxylation is 1. The number of benzene rings is 2. The molecule has 1 aliphatic heterocycles. The van der Waals surface area contributed by atoms with Crippen LogP contribution < -0.4 is 16.4 Å². The standard InChI is InChI=1S/C22H27N3O3/c1-15-5-7-16(8-6-15)13-24-21(26)18-4-2-3-17(11-18)14-25-22(27)20-10-9-19(12-23)28-20/h2-8,11,19-20H,9-10,12-14,23H2,1H3,(H,24,26)(H,25,27)/t19-,20+/m1/s1. The van der Waals surface area contributed by atoms with Crippen molar-refractivity contribution in [2.45, 2.75) is 45.1 Å². The van der Waals surface area contributed by atoms with Crippen molar-refractivity contribution in [3.05, 3.63) is 70.8 Å². The van der Waals surface area contributed by atoms with Crippen molar-refractivity contribution in [2.75, 3.05) is 6.54 Å². The van der Waals surface area contributed by atoms with E-state index in [1.54, 1.807) is 12.1 Å². The maximum Gasteiger partial charge on any atom is 0.251 e. The van der Waals surface area contributed by atoms with Gasteiger partial charge < -0.3 is 21.1 Å². The lowest BCUT2D eigenvalue weighted by Gasteiger charge is -2.13. The van der Waals surface area contributed by atoms with Gasteiger partial charge in [0.2, 0.25) is 5.91 Å². The van der Waals surface area contributed by atoms with Crippen LogP contribution in [0.15, 0.2) is 48.5 Å². The third-order valence-corrected chi connectivity index (χ3v) is 4.89. The maximum atomic E-state index is 12.4. The first kappa shape index (κ1) is 20.0. The third kappa shape index (κ3) is 5.41. The van der Waals surface area contributed by atoms with Gasteiger partial charge in [-0.3, -0.25) is 9.59 Å². The highest BCUT2D eigenvalue weighted by Gasteiger charge is 2.29. The molecule has 4 N–H and O–H groups in total. The lowest BCUT2D eigenvalue weighted by atomic mass is 10.1. The molecule has 3 rings (SSSR count). The fourth-order valence-corrected chi connectivity index (χ4v) is 3.19. The number of carbonyl (C=O) groups is 2. The number of nitrogens with one attached hydrogen (secondary N) is 2. The number of hydrogen-bond acceptors (Lipinski definition) is 4. The Hall–Kier alpha value is -2.70. The van der Waals surface area contributed by atoms with E-state index < -0.39 is 6.10 Å². The SMILES string of the molecule is Cc1ccc(CNC(=O)c2cccc(CNC(=O)[C@@H]3CC[C@H](CN)O3)c2)cc1. The predicted molar refractivity (Wildman–Crippen MR) is 108 cm³/mol. The van der Waals surface area contributed by atoms with Gasteiger partial charge in [-0.15, -0.1) is 0 Å². The summed E-state index contributed by atoms with van der Waals surface area (Å²) in [6, 6.07) is 15.3. The van der Waals surface area contributed by atoms with Crippen molar-refractivity contribution >= 4 is 11.8 Å². The molecule has 1 saturated heterocycles. The van der Waals surface area contributed by atoms with E-state index in [0.29, 0.717) is 31.6 Å². The van der Waals surface area contributed by atoms with Gasteiger partial charge in [0.15, 0.2) is 0 Å². The molecule has 28 heavy (non-hydrogen) atoms. The summed E-state index contributed by atoms with van der Waals surface area (Å²) in [5.41, 5.74) is 9.25. The first-order valence-corrected chi connectivity index (χ1v) is 9.61. The third-order valence-electron chi connectivity index (χ3n) is 4.89. The van der Waals surface area contributed by atoms with Gasteiger partial charge in [0.25, 0.3) is 5.91 Å². The smallest absolute Gasteiger partial charge is 0.251 e. The lowest BCUT2D eigenvalue weighted by molar-refractivity contribution is -0.132. The highest BCUT2D eigenvalue weighted by atomic mass is 16.5. The van der Waals surface area contributed by atoms with E-state index in [1.807, 2.05) is 43.3 Å². The van der Waals surface area contributed by atoms with Crippen LogP contribution in [0, 0.1) is 6.92 Å². The van der Waals surface area contributed by atoms with Crippen LogP contribution in [0.2, 0.25) is 0 Å². The number of nitrogens with two attached hydrogens (primary N) is 1. The van der Waals surface area contributed by atoms with Crippen LogP contribution in [-0.4, -0.2) is 30.6 Å². The van der Waals surface area contributed by atoms with E-state index >= 15 is 0 Å². The molecule has 6 heteroatoms. The lowest BCUT2D eigenvalue weighted by Crippen LogP contribution is -2.35. The second-order valence-electron chi connectivity index (χ2n) is 7.15. The van der Waals surface area contributed by atoms with Gasteiger partial charge >= 0.3 is 0 Å². The van der Waals surface area contributed by atoms with Gasteiger partial charge in [-0.25, -0.2) is 0 Å². The van der Waals surface area contributed by atoms with Gasteiger partial charge in [0.1, 0.15) is 6.10 Å². The van der Waals surface area contributed by atoms with E-state index in [4.69, 9.17) is 10.5 Å². The van der Waals surface area contributed by atoms with Gasteiger partial charge in [-0.2, -0.15) is 0 Å². The van der Waals surface area contributed by atoms with E-state index in [-0.39, 0.29) is 17.9 Å². The largest absolute Gasteiger partial charge is 0.364 e. The summed E-state index contributed by atoms with van der Waals surface area (Å²) >= 11 is 0. The van der Waals surface area contributed by atoms with Crippen molar-refractivity contribution in [1.82, 2.24) is 10.6 Å². The van der Waals surface area contributed by atoms with Crippen LogP contribution in [0.1, 0.15) is 39.9 Å². The summed E-state index contributed by atoms with van der Waals surface area (Å²) in [6.07, 6.45) is 1.03. The topological polar surface area (TPSA) is 93.5 Å². The summed E-state index contributed by atoms with van der Waals surface area (Å²) in [6.45, 7) is 3.29. The minimum absolute atomic E-state index is 0.0312.